The van der Waals surface area contributed by atoms with E-state index in [2.05, 4.69) is 4.74 Å². The van der Waals surface area contributed by atoms with Gasteiger partial charge in [0.25, 0.3) is 0 Å². The van der Waals surface area contributed by atoms with Crippen molar-refractivity contribution in [3.8, 4) is 0 Å². The fourth-order valence-corrected chi connectivity index (χ4v) is 0.249. The molecule has 0 amide bonds. The fraction of sp³-hybridized carbons (Fsp3) is 0.600. The molecule has 0 aliphatic heterocycles. The number of ether oxygens (including phenoxy) is 1. The van der Waals surface area contributed by atoms with E-state index in [0.717, 1.165) is 6.92 Å². The Labute approximate surface area is 60.1 Å². The second-order valence-corrected chi connectivity index (χ2v) is 1.75. The van der Waals surface area contributed by atoms with Crippen LogP contribution < -0.4 is 0 Å². The summed E-state index contributed by atoms with van der Waals surface area (Å²) in [5.41, 5.74) is 0. The van der Waals surface area contributed by atoms with Crippen molar-refractivity contribution in [2.75, 3.05) is 6.61 Å². The van der Waals surface area contributed by atoms with Crippen LogP contribution in [0.5, 0.6) is 0 Å². The smallest absolute Gasteiger partial charge is 0.422 e. The minimum atomic E-state index is -4.58. The van der Waals surface area contributed by atoms with E-state index >= 15 is 0 Å². The first-order valence-electron chi connectivity index (χ1n) is 2.57. The molecule has 0 N–H and O–H groups in total. The highest BCUT2D eigenvalue weighted by Crippen LogP contribution is 2.14. The van der Waals surface area contributed by atoms with Gasteiger partial charge in [0.15, 0.2) is 6.61 Å². The summed E-state index contributed by atoms with van der Waals surface area (Å²) in [6.45, 7) is -0.885. The maximum absolute atomic E-state index is 11.3. The van der Waals surface area contributed by atoms with Crippen LogP contribution in [0.1, 0.15) is 6.92 Å². The van der Waals surface area contributed by atoms with Crippen LogP contribution in [0.25, 0.3) is 0 Å². The van der Waals surface area contributed by atoms with Gasteiger partial charge in [-0.05, 0) is 0 Å². The fourth-order valence-electron chi connectivity index (χ4n) is 0.249. The largest absolute Gasteiger partial charge is 0.450 e. The Morgan fingerprint density at radius 2 is 1.82 bits per heavy atom. The quantitative estimate of drug-likeness (QED) is 0.452. The molecule has 0 radical (unpaired) electrons. The summed E-state index contributed by atoms with van der Waals surface area (Å²) in [6.07, 6.45) is -4.58. The van der Waals surface area contributed by atoms with E-state index in [4.69, 9.17) is 0 Å². The topological polar surface area (TPSA) is 43.4 Å². The van der Waals surface area contributed by atoms with Crippen LogP contribution in [-0.2, 0) is 14.3 Å². The van der Waals surface area contributed by atoms with Crippen LogP contribution in [0.15, 0.2) is 0 Å². The molecule has 0 aromatic carbocycles. The number of halogens is 3. The average Bonchev–Trinajstić information content (AvgIpc) is 1.80. The lowest BCUT2D eigenvalue weighted by Gasteiger charge is -2.04. The molecule has 64 valence electrons. The van der Waals surface area contributed by atoms with Gasteiger partial charge in [-0.3, -0.25) is 4.79 Å². The van der Waals surface area contributed by atoms with E-state index < -0.39 is 24.5 Å². The Hall–Kier alpha value is -1.07. The third-order valence-electron chi connectivity index (χ3n) is 0.654. The minimum absolute atomic E-state index is 0.832. The number of carbonyl (C=O) groups excluding carboxylic acids is 2. The number of hydrogen-bond acceptors (Lipinski definition) is 3. The second-order valence-electron chi connectivity index (χ2n) is 1.75. The van der Waals surface area contributed by atoms with Crippen molar-refractivity contribution >= 4 is 11.8 Å². The first kappa shape index (κ1) is 9.93. The molecule has 0 fully saturated rings. The first-order valence-corrected chi connectivity index (χ1v) is 2.57. The molecule has 0 spiro atoms. The molecule has 0 rings (SSSR count). The van der Waals surface area contributed by atoms with Gasteiger partial charge in [0, 0.05) is 6.92 Å². The molecule has 0 aliphatic carbocycles. The van der Waals surface area contributed by atoms with E-state index in [1.54, 1.807) is 0 Å². The summed E-state index contributed by atoms with van der Waals surface area (Å²) in [7, 11) is 0. The Morgan fingerprint density at radius 1 is 1.36 bits per heavy atom. The molecule has 11 heavy (non-hydrogen) atoms. The van der Waals surface area contributed by atoms with Gasteiger partial charge in [-0.15, -0.1) is 0 Å². The summed E-state index contributed by atoms with van der Waals surface area (Å²) in [5, 5.41) is 0. The number of alkyl halides is 3. The van der Waals surface area contributed by atoms with Crippen molar-refractivity contribution in [3.63, 3.8) is 0 Å². The molecule has 3 nitrogen and oxygen atoms in total. The van der Waals surface area contributed by atoms with Crippen molar-refractivity contribution in [1.82, 2.24) is 0 Å². The van der Waals surface area contributed by atoms with Crippen LogP contribution in [0, 0.1) is 0 Å². The molecule has 0 saturated carbocycles. The van der Waals surface area contributed by atoms with Crippen molar-refractivity contribution in [3.05, 3.63) is 0 Å². The van der Waals surface area contributed by atoms with Crippen molar-refractivity contribution in [2.24, 2.45) is 0 Å². The summed E-state index contributed by atoms with van der Waals surface area (Å²) in [5.74, 6) is -2.52. The van der Waals surface area contributed by atoms with Gasteiger partial charge in [0.2, 0.25) is 5.78 Å². The first-order chi connectivity index (χ1) is 4.83. The lowest BCUT2D eigenvalue weighted by Crippen LogP contribution is -2.23. The molecule has 0 aromatic heterocycles. The zero-order valence-electron chi connectivity index (χ0n) is 5.57. The van der Waals surface area contributed by atoms with Crippen LogP contribution >= 0.6 is 0 Å². The van der Waals surface area contributed by atoms with Gasteiger partial charge < -0.3 is 4.74 Å². The van der Waals surface area contributed by atoms with Crippen LogP contribution in [0.4, 0.5) is 13.2 Å². The van der Waals surface area contributed by atoms with Crippen LogP contribution in [0.2, 0.25) is 0 Å². The monoisotopic (exact) mass is 170 g/mol. The molecule has 0 aliphatic rings. The maximum atomic E-state index is 11.3. The Balaban J connectivity index is 3.73. The zero-order valence-corrected chi connectivity index (χ0v) is 5.57. The zero-order chi connectivity index (χ0) is 9.07. The average molecular weight is 170 g/mol. The lowest BCUT2D eigenvalue weighted by molar-refractivity contribution is -0.186. The van der Waals surface area contributed by atoms with Gasteiger partial charge in [-0.1, -0.05) is 0 Å². The van der Waals surface area contributed by atoms with Crippen molar-refractivity contribution < 1.29 is 27.5 Å². The summed E-state index contributed by atoms with van der Waals surface area (Å²) in [4.78, 5) is 20.1. The maximum Gasteiger partial charge on any atom is 0.422 e. The van der Waals surface area contributed by atoms with Gasteiger partial charge in [0.1, 0.15) is 0 Å². The number of esters is 1. The van der Waals surface area contributed by atoms with E-state index in [0.29, 0.717) is 0 Å². The van der Waals surface area contributed by atoms with E-state index in [9.17, 15) is 22.8 Å². The predicted octanol–water partition coefficient (Wildman–Crippen LogP) is 0.681. The SMILES string of the molecule is CC(=O)C(=O)OCC(F)(F)F. The molecular weight excluding hydrogens is 165 g/mol. The minimum Gasteiger partial charge on any atom is -0.450 e. The molecule has 0 saturated heterocycles. The van der Waals surface area contributed by atoms with E-state index in [1.807, 2.05) is 0 Å². The third-order valence-corrected chi connectivity index (χ3v) is 0.654. The Morgan fingerprint density at radius 3 is 2.09 bits per heavy atom. The van der Waals surface area contributed by atoms with Gasteiger partial charge in [0.05, 0.1) is 0 Å². The standard InChI is InChI=1S/C5H5F3O3/c1-3(9)4(10)11-2-5(6,7)8/h2H2,1H3. The Bertz CT molecular complexity index is 172. The molecule has 0 heterocycles. The van der Waals surface area contributed by atoms with Gasteiger partial charge >= 0.3 is 12.1 Å². The van der Waals surface area contributed by atoms with E-state index in [-0.39, 0.29) is 0 Å². The number of ketones is 1. The third kappa shape index (κ3) is 5.38. The summed E-state index contributed by atoms with van der Waals surface area (Å²) >= 11 is 0. The molecular formula is C5H5F3O3. The molecule has 0 atom stereocenters. The normalized spacial score (nSPS) is 10.9. The number of hydrogen-bond donors (Lipinski definition) is 0. The Kier molecular flexibility index (Phi) is 3.03. The summed E-state index contributed by atoms with van der Waals surface area (Å²) in [6, 6.07) is 0. The highest BCUT2D eigenvalue weighted by Gasteiger charge is 2.30. The number of Topliss-reactive ketones (excluding diaryl/α,β-unsaturated/α-hetero) is 1. The molecule has 0 bridgehead atoms. The molecule has 6 heteroatoms. The van der Waals surface area contributed by atoms with Crippen molar-refractivity contribution in [1.29, 1.82) is 0 Å². The van der Waals surface area contributed by atoms with Crippen LogP contribution in [-0.4, -0.2) is 24.5 Å². The van der Waals surface area contributed by atoms with E-state index in [1.165, 1.54) is 0 Å². The summed E-state index contributed by atoms with van der Waals surface area (Å²) < 4.78 is 37.4. The second kappa shape index (κ2) is 3.36. The van der Waals surface area contributed by atoms with Gasteiger partial charge in [-0.25, -0.2) is 4.79 Å². The molecule has 0 aromatic rings. The number of rotatable bonds is 2. The predicted molar refractivity (Wildman–Crippen MR) is 27.7 cm³/mol. The number of carbonyl (C=O) groups is 2. The van der Waals surface area contributed by atoms with Crippen molar-refractivity contribution in [2.45, 2.75) is 13.1 Å². The van der Waals surface area contributed by atoms with Crippen LogP contribution in [0.3, 0.4) is 0 Å². The van der Waals surface area contributed by atoms with Gasteiger partial charge in [-0.2, -0.15) is 13.2 Å². The molecule has 0 unspecified atom stereocenters. The highest BCUT2D eigenvalue weighted by molar-refractivity contribution is 6.32. The lowest BCUT2D eigenvalue weighted by atomic mass is 10.5. The highest BCUT2D eigenvalue weighted by atomic mass is 19.4.